The van der Waals surface area contributed by atoms with E-state index in [0.717, 1.165) is 0 Å². The number of hydrogen-bond donors (Lipinski definition) is 0. The number of benzene rings is 7. The van der Waals surface area contributed by atoms with Crippen molar-refractivity contribution in [1.82, 2.24) is 0 Å². The lowest BCUT2D eigenvalue weighted by atomic mass is 10.0. The van der Waals surface area contributed by atoms with Crippen molar-refractivity contribution in [3.8, 4) is 10.6 Å². The molecule has 9 aromatic rings. The van der Waals surface area contributed by atoms with Crippen molar-refractivity contribution in [3.05, 3.63) is 145 Å². The molecule has 0 saturated heterocycles. The highest BCUT2D eigenvalue weighted by molar-refractivity contribution is 7.69. The van der Waals surface area contributed by atoms with Gasteiger partial charge in [-0.25, -0.2) is 0 Å². The molecule has 0 saturated carbocycles. The molecule has 2 aromatic heterocycles. The Morgan fingerprint density at radius 1 is 0.333 bits per heavy atom. The van der Waals surface area contributed by atoms with Gasteiger partial charge < -0.3 is 0 Å². The number of rotatable bonds is 2. The van der Waals surface area contributed by atoms with Crippen LogP contribution in [0, 0.1) is 13.8 Å². The fourth-order valence-corrected chi connectivity index (χ4v) is 12.1. The van der Waals surface area contributed by atoms with Crippen molar-refractivity contribution in [2.24, 2.45) is 0 Å². The third-order valence-corrected chi connectivity index (χ3v) is 14.0. The molecule has 0 amide bonds. The Balaban J connectivity index is 1.50. The Labute approximate surface area is 247 Å². The molecule has 0 spiro atoms. The molecule has 0 aliphatic heterocycles. The Kier molecular flexibility index (Phi) is 5.25. The number of aryl methyl sites for hydroxylation is 2. The van der Waals surface area contributed by atoms with Crippen LogP contribution in [0.15, 0.2) is 133 Å². The zero-order valence-corrected chi connectivity index (χ0v) is 25.4. The summed E-state index contributed by atoms with van der Waals surface area (Å²) in [5.74, 6) is 0. The largest absolute Gasteiger partial charge is 0.0772 e. The van der Waals surface area contributed by atoms with Crippen molar-refractivity contribution in [1.29, 1.82) is 0 Å². The van der Waals surface area contributed by atoms with Crippen LogP contribution in [0.2, 0.25) is 0 Å². The van der Waals surface area contributed by atoms with Crippen LogP contribution in [0.5, 0.6) is 0 Å². The molecule has 0 aliphatic carbocycles. The summed E-state index contributed by atoms with van der Waals surface area (Å²) in [5, 5.41) is 19.8. The highest BCUT2D eigenvalue weighted by Gasteiger charge is 2.20. The average molecular weight is 571 g/mol. The summed E-state index contributed by atoms with van der Waals surface area (Å²) in [6.07, 6.45) is 0. The van der Waals surface area contributed by atoms with Gasteiger partial charge in [0.1, 0.15) is 0 Å². The first-order valence-corrected chi connectivity index (χ1v) is 17.3. The highest BCUT2D eigenvalue weighted by atomic mass is 31.1. The van der Waals surface area contributed by atoms with Gasteiger partial charge in [0.2, 0.25) is 0 Å². The predicted octanol–water partition coefficient (Wildman–Crippen LogP) is 13.2. The summed E-state index contributed by atoms with van der Waals surface area (Å²) >= 11 is 0. The van der Waals surface area contributed by atoms with E-state index in [1.165, 1.54) is 85.3 Å². The molecule has 2 unspecified atom stereocenters. The summed E-state index contributed by atoms with van der Waals surface area (Å²) in [6.45, 7) is 4.37. The third kappa shape index (κ3) is 3.56. The second-order valence-corrected chi connectivity index (χ2v) is 16.0. The van der Waals surface area contributed by atoms with Gasteiger partial charge >= 0.3 is 0 Å². The fourth-order valence-electron chi connectivity index (χ4n) is 6.84. The van der Waals surface area contributed by atoms with Crippen LogP contribution in [-0.2, 0) is 0 Å². The normalized spacial score (nSPS) is 12.9. The average Bonchev–Trinajstić information content (AvgIpc) is 3.49. The van der Waals surface area contributed by atoms with Crippen molar-refractivity contribution < 1.29 is 0 Å². The molecule has 9 rings (SSSR count). The van der Waals surface area contributed by atoms with E-state index in [4.69, 9.17) is 0 Å². The van der Waals surface area contributed by atoms with E-state index < -0.39 is 15.1 Å². The van der Waals surface area contributed by atoms with E-state index in [0.29, 0.717) is 0 Å². The first-order chi connectivity index (χ1) is 20.6. The van der Waals surface area contributed by atoms with Gasteiger partial charge in [-0.2, -0.15) is 0 Å². The van der Waals surface area contributed by atoms with E-state index in [9.17, 15) is 0 Å². The molecule has 2 heterocycles. The van der Waals surface area contributed by atoms with Crippen molar-refractivity contribution in [2.45, 2.75) is 13.8 Å². The molecule has 7 aromatic carbocycles. The molecule has 2 atom stereocenters. The smallest absolute Gasteiger partial charge is 0.00751 e. The summed E-state index contributed by atoms with van der Waals surface area (Å²) in [4.78, 5) is 0. The molecule has 0 N–H and O–H groups in total. The van der Waals surface area contributed by atoms with E-state index in [1.807, 2.05) is 0 Å². The van der Waals surface area contributed by atoms with Gasteiger partial charge in [-0.15, -0.1) is 0 Å². The van der Waals surface area contributed by atoms with E-state index in [-0.39, 0.29) is 0 Å². The summed E-state index contributed by atoms with van der Waals surface area (Å²) in [7, 11) is -1.31. The monoisotopic (exact) mass is 570 g/mol. The van der Waals surface area contributed by atoms with Gasteiger partial charge in [0.25, 0.3) is 0 Å². The molecule has 0 bridgehead atoms. The van der Waals surface area contributed by atoms with Crippen LogP contribution in [0.25, 0.3) is 74.2 Å². The van der Waals surface area contributed by atoms with E-state index in [2.05, 4.69) is 147 Å². The van der Waals surface area contributed by atoms with Gasteiger partial charge in [0, 0.05) is 20.5 Å². The van der Waals surface area contributed by atoms with E-state index in [1.54, 1.807) is 0 Å². The van der Waals surface area contributed by atoms with Gasteiger partial charge in [-0.1, -0.05) is 123 Å². The van der Waals surface area contributed by atoms with Crippen LogP contribution >= 0.6 is 15.1 Å². The predicted molar refractivity (Wildman–Crippen MR) is 189 cm³/mol. The maximum Gasteiger partial charge on any atom is 0.00751 e. The van der Waals surface area contributed by atoms with Crippen LogP contribution in [0.4, 0.5) is 0 Å². The summed E-state index contributed by atoms with van der Waals surface area (Å²) in [6, 6.07) is 51.3. The van der Waals surface area contributed by atoms with Gasteiger partial charge in [-0.05, 0) is 104 Å². The molecule has 42 heavy (non-hydrogen) atoms. The summed E-state index contributed by atoms with van der Waals surface area (Å²) < 4.78 is 0. The zero-order valence-electron chi connectivity index (χ0n) is 23.6. The first kappa shape index (κ1) is 24.3. The number of hydrogen-bond acceptors (Lipinski definition) is 0. The van der Waals surface area contributed by atoms with Crippen LogP contribution < -0.4 is 0 Å². The fraction of sp³-hybridized carbons (Fsp3) is 0.0500. The quantitative estimate of drug-likeness (QED) is 0.194. The Bertz CT molecular complexity index is 2330. The Morgan fingerprint density at radius 3 is 1.02 bits per heavy atom. The standard InChI is InChI=1S/C40H28P2/c1-25-11-15-31(16-12-25)41-37-21-29-9-5-3-7-27(29)19-33(37)35-24-40-36(23-39(35)41)34-20-28-8-4-6-10-30(28)22-38(34)42(40)32-17-13-26(2)14-18-32/h3-24H,1-2H3. The molecule has 0 fully saturated rings. The SMILES string of the molecule is Cc1ccc(-p2c3cc4ccccc4cc3c3cc4c(cc32)c2cc3ccccc3cc2p4-c2ccc(C)cc2)cc1. The molecule has 0 nitrogen and oxygen atoms in total. The zero-order chi connectivity index (χ0) is 27.9. The molecule has 0 aliphatic rings. The lowest BCUT2D eigenvalue weighted by Crippen LogP contribution is -1.73. The number of fused-ring (bicyclic) bond motifs is 8. The van der Waals surface area contributed by atoms with Gasteiger partial charge in [0.05, 0.1) is 0 Å². The minimum absolute atomic E-state index is 0.654. The van der Waals surface area contributed by atoms with Crippen LogP contribution in [0.1, 0.15) is 11.1 Å². The molecule has 2 heteroatoms. The maximum absolute atomic E-state index is 2.59. The molecular formula is C40H28P2. The second kappa shape index (κ2) is 9.08. The molecular weight excluding hydrogens is 542 g/mol. The van der Waals surface area contributed by atoms with Crippen molar-refractivity contribution in [3.63, 3.8) is 0 Å². The van der Waals surface area contributed by atoms with Gasteiger partial charge in [-0.3, -0.25) is 0 Å². The molecule has 0 radical (unpaired) electrons. The van der Waals surface area contributed by atoms with Crippen LogP contribution in [0.3, 0.4) is 0 Å². The van der Waals surface area contributed by atoms with Crippen molar-refractivity contribution >= 4 is 78.6 Å². The Hall–Kier alpha value is -4.34. The minimum Gasteiger partial charge on any atom is -0.0772 e. The topological polar surface area (TPSA) is 0 Å². The van der Waals surface area contributed by atoms with Crippen LogP contribution in [-0.4, -0.2) is 0 Å². The maximum atomic E-state index is 2.59. The lowest BCUT2D eigenvalue weighted by Gasteiger charge is -2.06. The molecule has 198 valence electrons. The van der Waals surface area contributed by atoms with Crippen molar-refractivity contribution in [2.75, 3.05) is 0 Å². The second-order valence-electron chi connectivity index (χ2n) is 11.7. The first-order valence-electron chi connectivity index (χ1n) is 14.6. The summed E-state index contributed by atoms with van der Waals surface area (Å²) in [5.41, 5.74) is 2.62. The van der Waals surface area contributed by atoms with E-state index >= 15 is 0 Å². The lowest BCUT2D eigenvalue weighted by molar-refractivity contribution is 1.49. The Morgan fingerprint density at radius 2 is 0.643 bits per heavy atom. The third-order valence-electron chi connectivity index (χ3n) is 8.97. The highest BCUT2D eigenvalue weighted by Crippen LogP contribution is 2.61. The van der Waals surface area contributed by atoms with Gasteiger partial charge in [0.15, 0.2) is 0 Å². The minimum atomic E-state index is -0.654.